The highest BCUT2D eigenvalue weighted by molar-refractivity contribution is 7.67. The summed E-state index contributed by atoms with van der Waals surface area (Å²) in [5, 5.41) is 13.5. The molecule has 0 aliphatic carbocycles. The van der Waals surface area contributed by atoms with Crippen LogP contribution < -0.4 is 5.30 Å². The Hall–Kier alpha value is -5.07. The van der Waals surface area contributed by atoms with Crippen LogP contribution in [0.4, 0.5) is 0 Å². The van der Waals surface area contributed by atoms with Gasteiger partial charge in [-0.3, -0.25) is 0 Å². The third-order valence-electron chi connectivity index (χ3n) is 13.0. The molecule has 8 rings (SSSR count). The van der Waals surface area contributed by atoms with E-state index in [0.29, 0.717) is 0 Å². The van der Waals surface area contributed by atoms with Crippen LogP contribution in [0.15, 0.2) is 140 Å². The van der Waals surface area contributed by atoms with Crippen LogP contribution in [0.5, 0.6) is 0 Å². The SMILES string of the molecule is Cc1cc(C)c(C)c(-c2cccc(-c3c(C)c(C)cc(C)c3C)c2P2C(c3ccc(-c4ccccc4)cc3)CC(O)CC2c2ccc(-c3ccccc3)cc2)c1C. The first kappa shape index (κ1) is 38.8. The third kappa shape index (κ3) is 7.34. The molecule has 2 unspecified atom stereocenters. The Bertz CT molecular complexity index is 2320. The van der Waals surface area contributed by atoms with Crippen molar-refractivity contribution in [3.8, 4) is 44.5 Å². The van der Waals surface area contributed by atoms with E-state index in [1.165, 1.54) is 105 Å². The van der Waals surface area contributed by atoms with E-state index < -0.39 is 14.0 Å². The highest BCUT2D eigenvalue weighted by Gasteiger charge is 2.42. The first-order chi connectivity index (χ1) is 27.5. The van der Waals surface area contributed by atoms with Gasteiger partial charge in [-0.2, -0.15) is 0 Å². The van der Waals surface area contributed by atoms with E-state index in [2.05, 4.69) is 195 Å². The first-order valence-electron chi connectivity index (χ1n) is 20.6. The summed E-state index contributed by atoms with van der Waals surface area (Å²) >= 11 is 0. The average Bonchev–Trinajstić information content (AvgIpc) is 3.23. The van der Waals surface area contributed by atoms with Crippen molar-refractivity contribution in [3.05, 3.63) is 195 Å². The summed E-state index contributed by atoms with van der Waals surface area (Å²) in [5.74, 6) is 0. The van der Waals surface area contributed by atoms with Crippen molar-refractivity contribution >= 4 is 13.2 Å². The molecule has 0 amide bonds. The minimum absolute atomic E-state index is 0.144. The van der Waals surface area contributed by atoms with Gasteiger partial charge in [0.1, 0.15) is 0 Å². The van der Waals surface area contributed by atoms with E-state index in [-0.39, 0.29) is 11.3 Å². The lowest BCUT2D eigenvalue weighted by Crippen LogP contribution is -2.28. The lowest BCUT2D eigenvalue weighted by atomic mass is 9.85. The zero-order chi connectivity index (χ0) is 40.0. The summed E-state index contributed by atoms with van der Waals surface area (Å²) in [6.07, 6.45) is 1.06. The van der Waals surface area contributed by atoms with Gasteiger partial charge in [-0.05, 0) is 174 Å². The molecule has 1 N–H and O–H groups in total. The Morgan fingerprint density at radius 3 is 1.09 bits per heavy atom. The van der Waals surface area contributed by atoms with Gasteiger partial charge in [0.05, 0.1) is 6.10 Å². The smallest absolute Gasteiger partial charge is 0.0559 e. The van der Waals surface area contributed by atoms with Gasteiger partial charge < -0.3 is 5.11 Å². The monoisotopic (exact) mass is 762 g/mol. The number of hydrogen-bond acceptors (Lipinski definition) is 1. The average molecular weight is 763 g/mol. The van der Waals surface area contributed by atoms with Gasteiger partial charge in [-0.25, -0.2) is 0 Å². The Morgan fingerprint density at radius 1 is 0.404 bits per heavy atom. The van der Waals surface area contributed by atoms with Crippen LogP contribution in [0.25, 0.3) is 44.5 Å². The topological polar surface area (TPSA) is 20.2 Å². The van der Waals surface area contributed by atoms with Crippen molar-refractivity contribution in [1.82, 2.24) is 0 Å². The molecule has 7 aromatic carbocycles. The quantitative estimate of drug-likeness (QED) is 0.160. The van der Waals surface area contributed by atoms with Crippen LogP contribution in [0.1, 0.15) is 79.8 Å². The van der Waals surface area contributed by atoms with Crippen LogP contribution in [-0.2, 0) is 0 Å². The van der Waals surface area contributed by atoms with Gasteiger partial charge in [0.15, 0.2) is 0 Å². The number of benzene rings is 7. The molecule has 1 fully saturated rings. The largest absolute Gasteiger partial charge is 0.393 e. The van der Waals surface area contributed by atoms with Gasteiger partial charge in [0, 0.05) is 11.3 Å². The molecule has 57 heavy (non-hydrogen) atoms. The molecule has 1 nitrogen and oxygen atoms in total. The number of aryl methyl sites for hydroxylation is 4. The number of aliphatic hydroxyl groups is 1. The Balaban J connectivity index is 1.43. The second-order valence-electron chi connectivity index (χ2n) is 16.5. The molecule has 0 spiro atoms. The Kier molecular flexibility index (Phi) is 10.9. The molecule has 0 saturated carbocycles. The predicted octanol–water partition coefficient (Wildman–Crippen LogP) is 14.6. The molecule has 286 valence electrons. The van der Waals surface area contributed by atoms with Crippen LogP contribution in [-0.4, -0.2) is 11.2 Å². The van der Waals surface area contributed by atoms with E-state index in [4.69, 9.17) is 0 Å². The van der Waals surface area contributed by atoms with E-state index in [0.717, 1.165) is 12.8 Å². The first-order valence-corrected chi connectivity index (χ1v) is 22.1. The van der Waals surface area contributed by atoms with E-state index in [1.54, 1.807) is 0 Å². The molecule has 1 aliphatic rings. The lowest BCUT2D eigenvalue weighted by molar-refractivity contribution is 0.146. The molecule has 2 atom stereocenters. The predicted molar refractivity (Wildman–Crippen MR) is 246 cm³/mol. The maximum absolute atomic E-state index is 12.0. The molecule has 7 aromatic rings. The fourth-order valence-electron chi connectivity index (χ4n) is 9.48. The summed E-state index contributed by atoms with van der Waals surface area (Å²) in [6.45, 7) is 18.3. The second-order valence-corrected chi connectivity index (χ2v) is 19.0. The minimum Gasteiger partial charge on any atom is -0.393 e. The maximum atomic E-state index is 12.0. The van der Waals surface area contributed by atoms with Gasteiger partial charge in [0.25, 0.3) is 0 Å². The standard InChI is InChI=1S/C55H55OP/c1-34-30-35(2)39(6)53(38(34)5)49-20-15-21-50(54-40(7)36(3)31-37(4)41(54)8)55(49)57-51(46-26-22-44(23-27-46)42-16-11-9-12-17-42)32-48(56)33-52(57)47-28-24-45(25-29-47)43-18-13-10-14-19-43/h9-31,48,51-52,56H,32-33H2,1-8H3. The van der Waals surface area contributed by atoms with Crippen LogP contribution in [0, 0.1) is 55.4 Å². The van der Waals surface area contributed by atoms with Crippen molar-refractivity contribution in [3.63, 3.8) is 0 Å². The van der Waals surface area contributed by atoms with Gasteiger partial charge in [-0.15, -0.1) is 0 Å². The Morgan fingerprint density at radius 2 is 0.737 bits per heavy atom. The van der Waals surface area contributed by atoms with Crippen LogP contribution >= 0.6 is 7.92 Å². The van der Waals surface area contributed by atoms with Crippen molar-refractivity contribution in [2.45, 2.75) is 85.7 Å². The number of aliphatic hydroxyl groups excluding tert-OH is 1. The van der Waals surface area contributed by atoms with Crippen molar-refractivity contribution < 1.29 is 5.11 Å². The molecule has 0 radical (unpaired) electrons. The van der Waals surface area contributed by atoms with E-state index in [1.807, 2.05) is 0 Å². The third-order valence-corrected chi connectivity index (χ3v) is 16.4. The van der Waals surface area contributed by atoms with Crippen molar-refractivity contribution in [2.75, 3.05) is 0 Å². The van der Waals surface area contributed by atoms with Crippen LogP contribution in [0.2, 0.25) is 0 Å². The second kappa shape index (κ2) is 16.1. The summed E-state index contributed by atoms with van der Waals surface area (Å²) in [4.78, 5) is 0. The summed E-state index contributed by atoms with van der Waals surface area (Å²) < 4.78 is 0. The summed E-state index contributed by atoms with van der Waals surface area (Å²) in [6, 6.07) is 51.8. The lowest BCUT2D eigenvalue weighted by Gasteiger charge is -2.44. The van der Waals surface area contributed by atoms with Crippen molar-refractivity contribution in [2.24, 2.45) is 0 Å². The maximum Gasteiger partial charge on any atom is 0.0559 e. The molecule has 1 saturated heterocycles. The number of rotatable bonds is 7. The fourth-order valence-corrected chi connectivity index (χ4v) is 13.4. The molecule has 1 heterocycles. The molecule has 0 aromatic heterocycles. The highest BCUT2D eigenvalue weighted by Crippen LogP contribution is 2.69. The van der Waals surface area contributed by atoms with Gasteiger partial charge in [0.2, 0.25) is 0 Å². The van der Waals surface area contributed by atoms with Gasteiger partial charge >= 0.3 is 0 Å². The molecule has 0 bridgehead atoms. The normalized spacial score (nSPS) is 18.1. The summed E-state index contributed by atoms with van der Waals surface area (Å²) in [7, 11) is -0.938. The summed E-state index contributed by atoms with van der Waals surface area (Å²) in [5.41, 5.74) is 24.0. The molecular weight excluding hydrogens is 708 g/mol. The Labute approximate surface area is 342 Å². The van der Waals surface area contributed by atoms with E-state index in [9.17, 15) is 5.11 Å². The van der Waals surface area contributed by atoms with Crippen molar-refractivity contribution in [1.29, 1.82) is 0 Å². The van der Waals surface area contributed by atoms with Crippen LogP contribution in [0.3, 0.4) is 0 Å². The molecule has 2 heteroatoms. The highest BCUT2D eigenvalue weighted by atomic mass is 31.1. The zero-order valence-corrected chi connectivity index (χ0v) is 35.7. The fraction of sp³-hybridized carbons (Fsp3) is 0.236. The molecule has 1 aliphatic heterocycles. The minimum atomic E-state index is -0.938. The van der Waals surface area contributed by atoms with E-state index >= 15 is 0 Å². The zero-order valence-electron chi connectivity index (χ0n) is 34.8. The number of hydrogen-bond donors (Lipinski definition) is 1. The van der Waals surface area contributed by atoms with Gasteiger partial charge in [-0.1, -0.05) is 147 Å². The molecular formula is C55H55OP.